The van der Waals surface area contributed by atoms with Crippen LogP contribution in [-0.4, -0.2) is 17.1 Å². The number of benzene rings is 2. The van der Waals surface area contributed by atoms with Crippen molar-refractivity contribution in [3.63, 3.8) is 0 Å². The average molecular weight is 505 g/mol. The first-order chi connectivity index (χ1) is 17.0. The van der Waals surface area contributed by atoms with Gasteiger partial charge in [-0.15, -0.1) is 0 Å². The normalized spacial score (nSPS) is 15.6. The van der Waals surface area contributed by atoms with E-state index in [1.165, 1.54) is 11.3 Å². The highest BCUT2D eigenvalue weighted by Gasteiger charge is 2.33. The minimum Gasteiger partial charge on any atom is -0.463 e. The SMILES string of the molecule is CCOC(=O)C1=C(C)N=c2s/c(=C\c3ccc(-c4ccccc4Cl)o3)c(=O)n2[C@@H]1c1ccccc1. The molecule has 0 N–H and O–H groups in total. The van der Waals surface area contributed by atoms with Crippen molar-refractivity contribution >= 4 is 35.0 Å². The Morgan fingerprint density at radius 3 is 2.63 bits per heavy atom. The molecule has 0 fully saturated rings. The van der Waals surface area contributed by atoms with Gasteiger partial charge in [0.2, 0.25) is 0 Å². The number of fused-ring (bicyclic) bond motifs is 1. The van der Waals surface area contributed by atoms with Crippen molar-refractivity contribution in [1.82, 2.24) is 4.57 Å². The second-order valence-electron chi connectivity index (χ2n) is 7.89. The molecule has 3 heterocycles. The van der Waals surface area contributed by atoms with E-state index in [9.17, 15) is 9.59 Å². The van der Waals surface area contributed by atoms with Gasteiger partial charge < -0.3 is 9.15 Å². The first-order valence-corrected chi connectivity index (χ1v) is 12.3. The third-order valence-corrected chi connectivity index (χ3v) is 6.98. The first kappa shape index (κ1) is 23.1. The van der Waals surface area contributed by atoms with Crippen molar-refractivity contribution in [3.05, 3.63) is 114 Å². The molecule has 0 spiro atoms. The standard InChI is InChI=1S/C27H21ClN2O4S/c1-3-33-26(32)23-16(2)29-27-30(24(23)17-9-5-4-6-10-17)25(31)22(35-27)15-18-13-14-21(34-18)19-11-7-8-12-20(19)28/h4-15,24H,3H2,1-2H3/b22-15-/t24-/m1/s1. The summed E-state index contributed by atoms with van der Waals surface area (Å²) < 4.78 is 13.3. The van der Waals surface area contributed by atoms with Gasteiger partial charge in [-0.25, -0.2) is 9.79 Å². The summed E-state index contributed by atoms with van der Waals surface area (Å²) in [6.45, 7) is 3.75. The number of nitrogens with zero attached hydrogens (tertiary/aromatic N) is 2. The largest absolute Gasteiger partial charge is 0.463 e. The van der Waals surface area contributed by atoms with Gasteiger partial charge in [-0.2, -0.15) is 0 Å². The fourth-order valence-electron chi connectivity index (χ4n) is 4.11. The zero-order chi connectivity index (χ0) is 24.5. The number of halogens is 1. The van der Waals surface area contributed by atoms with Crippen molar-refractivity contribution in [2.45, 2.75) is 19.9 Å². The monoisotopic (exact) mass is 504 g/mol. The van der Waals surface area contributed by atoms with E-state index < -0.39 is 12.0 Å². The molecule has 0 saturated carbocycles. The highest BCUT2D eigenvalue weighted by Crippen LogP contribution is 2.31. The lowest BCUT2D eigenvalue weighted by Gasteiger charge is -2.24. The molecule has 5 rings (SSSR count). The molecular weight excluding hydrogens is 484 g/mol. The maximum Gasteiger partial charge on any atom is 0.338 e. The van der Waals surface area contributed by atoms with Crippen LogP contribution in [0.4, 0.5) is 0 Å². The number of furan rings is 1. The summed E-state index contributed by atoms with van der Waals surface area (Å²) >= 11 is 7.55. The van der Waals surface area contributed by atoms with Crippen LogP contribution in [0.1, 0.15) is 31.2 Å². The van der Waals surface area contributed by atoms with Gasteiger partial charge in [0.05, 0.1) is 33.5 Å². The molecule has 8 heteroatoms. The van der Waals surface area contributed by atoms with Crippen LogP contribution >= 0.6 is 22.9 Å². The second kappa shape index (κ2) is 9.52. The molecular formula is C27H21ClN2O4S. The van der Waals surface area contributed by atoms with E-state index in [4.69, 9.17) is 20.8 Å². The van der Waals surface area contributed by atoms with Crippen LogP contribution in [-0.2, 0) is 9.53 Å². The average Bonchev–Trinajstić information content (AvgIpc) is 3.43. The number of allylic oxidation sites excluding steroid dienone is 1. The van der Waals surface area contributed by atoms with Gasteiger partial charge in [0, 0.05) is 11.6 Å². The van der Waals surface area contributed by atoms with E-state index >= 15 is 0 Å². The molecule has 1 aliphatic heterocycles. The second-order valence-corrected chi connectivity index (χ2v) is 9.31. The molecule has 6 nitrogen and oxygen atoms in total. The molecule has 0 saturated heterocycles. The topological polar surface area (TPSA) is 73.8 Å². The van der Waals surface area contributed by atoms with E-state index in [-0.39, 0.29) is 12.2 Å². The molecule has 0 unspecified atom stereocenters. The molecule has 1 aliphatic rings. The molecule has 176 valence electrons. The number of carbonyl (C=O) groups excluding carboxylic acids is 1. The van der Waals surface area contributed by atoms with Crippen LogP contribution in [0.3, 0.4) is 0 Å². The smallest absolute Gasteiger partial charge is 0.338 e. The quantitative estimate of drug-likeness (QED) is 0.369. The number of thiazole rings is 1. The Bertz CT molecular complexity index is 1630. The van der Waals surface area contributed by atoms with Gasteiger partial charge >= 0.3 is 5.97 Å². The molecule has 0 bridgehead atoms. The van der Waals surface area contributed by atoms with Crippen LogP contribution in [0.15, 0.2) is 92.2 Å². The summed E-state index contributed by atoms with van der Waals surface area (Å²) in [5.41, 5.74) is 2.21. The minimum absolute atomic E-state index is 0.230. The Labute approximate surface area is 210 Å². The number of aromatic nitrogens is 1. The Hall–Kier alpha value is -3.68. The van der Waals surface area contributed by atoms with Crippen LogP contribution < -0.4 is 14.9 Å². The van der Waals surface area contributed by atoms with Gasteiger partial charge in [0.1, 0.15) is 11.5 Å². The van der Waals surface area contributed by atoms with Crippen molar-refractivity contribution in [2.24, 2.45) is 4.99 Å². The summed E-state index contributed by atoms with van der Waals surface area (Å²) in [4.78, 5) is 31.6. The van der Waals surface area contributed by atoms with E-state index in [0.29, 0.717) is 37.1 Å². The molecule has 2 aromatic heterocycles. The molecule has 1 atom stereocenters. The highest BCUT2D eigenvalue weighted by atomic mass is 35.5. The summed E-state index contributed by atoms with van der Waals surface area (Å²) in [5.74, 6) is 0.646. The molecule has 0 aliphatic carbocycles. The Morgan fingerprint density at radius 1 is 1.14 bits per heavy atom. The van der Waals surface area contributed by atoms with Crippen LogP contribution in [0.2, 0.25) is 5.02 Å². The number of esters is 1. The summed E-state index contributed by atoms with van der Waals surface area (Å²) in [6, 6.07) is 19.8. The highest BCUT2D eigenvalue weighted by molar-refractivity contribution is 7.07. The third kappa shape index (κ3) is 4.29. The summed E-state index contributed by atoms with van der Waals surface area (Å²) in [6.07, 6.45) is 1.69. The van der Waals surface area contributed by atoms with Crippen LogP contribution in [0.25, 0.3) is 17.4 Å². The zero-order valence-electron chi connectivity index (χ0n) is 19.0. The predicted octanol–water partition coefficient (Wildman–Crippen LogP) is 4.71. The molecule has 2 aromatic carbocycles. The van der Waals surface area contributed by atoms with Gasteiger partial charge in [-0.05, 0) is 43.7 Å². The molecule has 0 radical (unpaired) electrons. The summed E-state index contributed by atoms with van der Waals surface area (Å²) in [7, 11) is 0. The Kier molecular flexibility index (Phi) is 6.28. The number of hydrogen-bond donors (Lipinski definition) is 0. The van der Waals surface area contributed by atoms with E-state index in [0.717, 1.165) is 11.1 Å². The Morgan fingerprint density at radius 2 is 1.89 bits per heavy atom. The Balaban J connectivity index is 1.64. The lowest BCUT2D eigenvalue weighted by Crippen LogP contribution is -2.39. The number of rotatable bonds is 5. The molecule has 35 heavy (non-hydrogen) atoms. The minimum atomic E-state index is -0.635. The van der Waals surface area contributed by atoms with Crippen molar-refractivity contribution in [3.8, 4) is 11.3 Å². The maximum atomic E-state index is 13.6. The van der Waals surface area contributed by atoms with E-state index in [1.54, 1.807) is 36.6 Å². The van der Waals surface area contributed by atoms with Gasteiger partial charge in [-0.3, -0.25) is 9.36 Å². The molecule has 0 amide bonds. The zero-order valence-corrected chi connectivity index (χ0v) is 20.6. The van der Waals surface area contributed by atoms with Crippen molar-refractivity contribution < 1.29 is 13.9 Å². The lowest BCUT2D eigenvalue weighted by atomic mass is 9.96. The fraction of sp³-hybridized carbons (Fsp3) is 0.148. The number of carbonyl (C=O) groups is 1. The third-order valence-electron chi connectivity index (χ3n) is 5.67. The van der Waals surface area contributed by atoms with Gasteiger partial charge in [-0.1, -0.05) is 65.4 Å². The molecule has 4 aromatic rings. The fourth-order valence-corrected chi connectivity index (χ4v) is 5.36. The van der Waals surface area contributed by atoms with E-state index in [2.05, 4.69) is 4.99 Å². The van der Waals surface area contributed by atoms with Crippen LogP contribution in [0.5, 0.6) is 0 Å². The maximum absolute atomic E-state index is 13.6. The number of hydrogen-bond acceptors (Lipinski definition) is 6. The van der Waals surface area contributed by atoms with E-state index in [1.807, 2.05) is 54.6 Å². The number of ether oxygens (including phenoxy) is 1. The predicted molar refractivity (Wildman–Crippen MR) is 136 cm³/mol. The van der Waals surface area contributed by atoms with Crippen molar-refractivity contribution in [1.29, 1.82) is 0 Å². The van der Waals surface area contributed by atoms with Crippen molar-refractivity contribution in [2.75, 3.05) is 6.61 Å². The van der Waals surface area contributed by atoms with Gasteiger partial charge in [0.25, 0.3) is 5.56 Å². The van der Waals surface area contributed by atoms with Gasteiger partial charge in [0.15, 0.2) is 4.80 Å². The first-order valence-electron chi connectivity index (χ1n) is 11.1. The lowest BCUT2D eigenvalue weighted by molar-refractivity contribution is -0.139. The van der Waals surface area contributed by atoms with Crippen LogP contribution in [0, 0.1) is 0 Å². The summed E-state index contributed by atoms with van der Waals surface area (Å²) in [5, 5.41) is 0.581.